The Morgan fingerprint density at radius 2 is 1.72 bits per heavy atom. The number of anilines is 1. The smallest absolute Gasteiger partial charge is 0.287 e. The molecule has 6 nitrogen and oxygen atoms in total. The van der Waals surface area contributed by atoms with Gasteiger partial charge in [-0.15, -0.1) is 0 Å². The van der Waals surface area contributed by atoms with Gasteiger partial charge in [0.15, 0.2) is 11.9 Å². The molecule has 2 aromatic rings. The molecular weight excluding hydrogens is 314 g/mol. The summed E-state index contributed by atoms with van der Waals surface area (Å²) < 4.78 is 0.0942. The Bertz CT molecular complexity index is 936. The van der Waals surface area contributed by atoms with Crippen molar-refractivity contribution >= 4 is 29.4 Å². The predicted octanol–water partition coefficient (Wildman–Crippen LogP) is 3.67. The van der Waals surface area contributed by atoms with E-state index in [0.29, 0.717) is 11.8 Å². The Morgan fingerprint density at radius 3 is 2.44 bits per heavy atom. The number of hydrogen-bond donors (Lipinski definition) is 2. The summed E-state index contributed by atoms with van der Waals surface area (Å²) in [7, 11) is 0. The molecule has 0 fully saturated rings. The average Bonchev–Trinajstić information content (AvgIpc) is 2.93. The zero-order valence-corrected chi connectivity index (χ0v) is 14.0. The molecule has 0 saturated carbocycles. The van der Waals surface area contributed by atoms with Gasteiger partial charge in [0, 0.05) is 17.8 Å². The fourth-order valence-corrected chi connectivity index (χ4v) is 3.06. The fraction of sp³-hybridized carbons (Fsp3) is 0.105. The summed E-state index contributed by atoms with van der Waals surface area (Å²) in [6.07, 6.45) is 5.27. The van der Waals surface area contributed by atoms with Crippen LogP contribution in [0.25, 0.3) is 0 Å². The number of aliphatic imine (C=N–C) groups is 2. The van der Waals surface area contributed by atoms with E-state index in [1.54, 1.807) is 24.5 Å². The number of aryl methyl sites for hydroxylation is 2. The number of benzene rings is 2. The lowest BCUT2D eigenvalue weighted by molar-refractivity contribution is 0.474. The van der Waals surface area contributed by atoms with Crippen LogP contribution in [0.1, 0.15) is 11.1 Å². The molecule has 124 valence electrons. The summed E-state index contributed by atoms with van der Waals surface area (Å²) in [4.78, 5) is 8.78. The van der Waals surface area contributed by atoms with E-state index in [4.69, 9.17) is 5.10 Å². The van der Waals surface area contributed by atoms with Crippen LogP contribution < -0.4 is 9.91 Å². The molecule has 1 atom stereocenters. The van der Waals surface area contributed by atoms with Crippen LogP contribution in [-0.2, 0) is 0 Å². The lowest BCUT2D eigenvalue weighted by atomic mass is 10.1. The first-order valence-corrected chi connectivity index (χ1v) is 7.99. The lowest BCUT2D eigenvalue weighted by Crippen LogP contribution is -2.44. The van der Waals surface area contributed by atoms with Gasteiger partial charge < -0.3 is 10.4 Å². The number of nitrogens with one attached hydrogen (secondary N) is 1. The fourth-order valence-electron chi connectivity index (χ4n) is 3.06. The van der Waals surface area contributed by atoms with Crippen LogP contribution in [0.5, 0.6) is 5.75 Å². The Kier molecular flexibility index (Phi) is 3.47. The number of fused-ring (bicyclic) bond motifs is 1. The van der Waals surface area contributed by atoms with E-state index in [1.165, 1.54) is 11.1 Å². The average molecular weight is 332 g/mol. The van der Waals surface area contributed by atoms with Gasteiger partial charge in [-0.05, 0) is 54.3 Å². The number of guanidine groups is 1. The molecule has 1 unspecified atom stereocenters. The number of phenols is 1. The molecule has 2 aliphatic rings. The standard InChI is InChI=1S/C19H17N5O/c1-13-9-14(2)11-15(10-13)21-19-22-18-12-20-7-8-24(18,23-19)16-3-5-17(25)6-4-16/h3-12H,1-2H3,(H-,21,23,25)/p+1. The first-order chi connectivity index (χ1) is 12.0. The highest BCUT2D eigenvalue weighted by atomic mass is 16.3. The van der Waals surface area contributed by atoms with Crippen molar-refractivity contribution in [2.75, 3.05) is 5.32 Å². The monoisotopic (exact) mass is 332 g/mol. The van der Waals surface area contributed by atoms with Crippen LogP contribution >= 0.6 is 0 Å². The molecule has 0 spiro atoms. The molecule has 0 aliphatic carbocycles. The van der Waals surface area contributed by atoms with Crippen LogP contribution in [-0.4, -0.2) is 23.1 Å². The molecule has 0 amide bonds. The Labute approximate surface area is 145 Å². The van der Waals surface area contributed by atoms with Gasteiger partial charge >= 0.3 is 0 Å². The Morgan fingerprint density at radius 1 is 1.00 bits per heavy atom. The maximum absolute atomic E-state index is 9.56. The molecule has 25 heavy (non-hydrogen) atoms. The topological polar surface area (TPSA) is 69.3 Å². The second-order valence-electron chi connectivity index (χ2n) is 6.17. The second kappa shape index (κ2) is 5.68. The van der Waals surface area contributed by atoms with E-state index in [1.807, 2.05) is 18.3 Å². The van der Waals surface area contributed by atoms with E-state index in [0.717, 1.165) is 11.4 Å². The van der Waals surface area contributed by atoms with Crippen molar-refractivity contribution in [1.29, 1.82) is 0 Å². The molecule has 0 aromatic heterocycles. The summed E-state index contributed by atoms with van der Waals surface area (Å²) in [6.45, 7) is 4.12. The molecule has 0 bridgehead atoms. The zero-order chi connectivity index (χ0) is 17.4. The van der Waals surface area contributed by atoms with Crippen molar-refractivity contribution in [1.82, 2.24) is 4.59 Å². The van der Waals surface area contributed by atoms with Crippen molar-refractivity contribution in [2.24, 2.45) is 15.1 Å². The van der Waals surface area contributed by atoms with Gasteiger partial charge in [-0.3, -0.25) is 4.99 Å². The van der Waals surface area contributed by atoms with Crippen LogP contribution in [0.2, 0.25) is 0 Å². The molecule has 4 rings (SSSR count). The van der Waals surface area contributed by atoms with Gasteiger partial charge in [-0.1, -0.05) is 10.7 Å². The number of aromatic hydroxyl groups is 1. The SMILES string of the molecule is Cc1cc(C)cc(NC2=N[N+]3(c4ccc(O)cc4)C=CN=CC3=N2)c1. The molecular formula is C19H18N5O+. The highest BCUT2D eigenvalue weighted by molar-refractivity contribution is 6.38. The summed E-state index contributed by atoms with van der Waals surface area (Å²) in [5.41, 5.74) is 4.17. The second-order valence-corrected chi connectivity index (χ2v) is 6.17. The molecule has 2 N–H and O–H groups in total. The van der Waals surface area contributed by atoms with E-state index in [2.05, 4.69) is 47.3 Å². The normalized spacial score (nSPS) is 20.9. The highest BCUT2D eigenvalue weighted by Crippen LogP contribution is 2.32. The molecule has 0 radical (unpaired) electrons. The largest absolute Gasteiger partial charge is 0.508 e. The third-order valence-corrected chi connectivity index (χ3v) is 4.10. The van der Waals surface area contributed by atoms with Crippen molar-refractivity contribution in [3.8, 4) is 5.75 Å². The number of quaternary nitrogens is 1. The first-order valence-electron chi connectivity index (χ1n) is 7.99. The Balaban J connectivity index is 1.74. The minimum atomic E-state index is 0.0942. The Hall–Kier alpha value is -3.25. The van der Waals surface area contributed by atoms with Crippen LogP contribution in [0.4, 0.5) is 11.4 Å². The first kappa shape index (κ1) is 15.3. The molecule has 6 heteroatoms. The van der Waals surface area contributed by atoms with Gasteiger partial charge in [0.1, 0.15) is 12.0 Å². The maximum Gasteiger partial charge on any atom is 0.287 e. The number of phenolic OH excluding ortho intramolecular Hbond substituents is 1. The van der Waals surface area contributed by atoms with Crippen LogP contribution in [0.15, 0.2) is 70.0 Å². The van der Waals surface area contributed by atoms with E-state index < -0.39 is 0 Å². The summed E-state index contributed by atoms with van der Waals surface area (Å²) in [5, 5.41) is 17.6. The van der Waals surface area contributed by atoms with Gasteiger partial charge in [0.05, 0.1) is 6.20 Å². The van der Waals surface area contributed by atoms with E-state index in [9.17, 15) is 5.11 Å². The van der Waals surface area contributed by atoms with E-state index in [-0.39, 0.29) is 10.3 Å². The third-order valence-electron chi connectivity index (χ3n) is 4.10. The van der Waals surface area contributed by atoms with Gasteiger partial charge in [-0.2, -0.15) is 4.99 Å². The highest BCUT2D eigenvalue weighted by Gasteiger charge is 2.42. The summed E-state index contributed by atoms with van der Waals surface area (Å²) in [5.74, 6) is 1.43. The van der Waals surface area contributed by atoms with Gasteiger partial charge in [0.25, 0.3) is 11.8 Å². The maximum atomic E-state index is 9.56. The molecule has 2 aromatic carbocycles. The molecule has 0 saturated heterocycles. The minimum Gasteiger partial charge on any atom is -0.508 e. The molecule has 2 heterocycles. The minimum absolute atomic E-state index is 0.0942. The van der Waals surface area contributed by atoms with Crippen LogP contribution in [0, 0.1) is 13.8 Å². The quantitative estimate of drug-likeness (QED) is 0.824. The van der Waals surface area contributed by atoms with Gasteiger partial charge in [-0.25, -0.2) is 0 Å². The third kappa shape index (κ3) is 2.72. The predicted molar refractivity (Wildman–Crippen MR) is 102 cm³/mol. The van der Waals surface area contributed by atoms with Crippen molar-refractivity contribution in [2.45, 2.75) is 13.8 Å². The van der Waals surface area contributed by atoms with Crippen molar-refractivity contribution < 1.29 is 5.11 Å². The summed E-state index contributed by atoms with van der Waals surface area (Å²) >= 11 is 0. The molecule has 2 aliphatic heterocycles. The van der Waals surface area contributed by atoms with E-state index >= 15 is 0 Å². The number of hydrogen-bond acceptors (Lipinski definition) is 5. The van der Waals surface area contributed by atoms with Crippen molar-refractivity contribution in [3.05, 3.63) is 66.0 Å². The summed E-state index contributed by atoms with van der Waals surface area (Å²) in [6, 6.07) is 13.2. The number of rotatable bonds is 2. The van der Waals surface area contributed by atoms with Gasteiger partial charge in [0.2, 0.25) is 0 Å². The lowest BCUT2D eigenvalue weighted by Gasteiger charge is -2.23. The number of nitrogens with zero attached hydrogens (tertiary/aromatic N) is 4. The van der Waals surface area contributed by atoms with Crippen LogP contribution in [0.3, 0.4) is 0 Å². The van der Waals surface area contributed by atoms with Crippen molar-refractivity contribution in [3.63, 3.8) is 0 Å². The zero-order valence-electron chi connectivity index (χ0n) is 14.0. The number of amidine groups is 1.